The van der Waals surface area contributed by atoms with Crippen molar-refractivity contribution in [1.29, 1.82) is 0 Å². The number of nitrogens with two attached hydrogens (primary N) is 1. The average molecular weight is 261 g/mol. The van der Waals surface area contributed by atoms with Crippen molar-refractivity contribution in [1.82, 2.24) is 0 Å². The van der Waals surface area contributed by atoms with E-state index in [4.69, 9.17) is 15.2 Å². The highest BCUT2D eigenvalue weighted by atomic mass is 16.6. The Labute approximate surface area is 108 Å². The molecule has 1 unspecified atom stereocenters. The lowest BCUT2D eigenvalue weighted by Crippen LogP contribution is -2.65. The van der Waals surface area contributed by atoms with Gasteiger partial charge in [-0.3, -0.25) is 4.90 Å². The number of hydrogen-bond acceptors (Lipinski definition) is 5. The average Bonchev–Trinajstić information content (AvgIpc) is 2.41. The number of fused-ring (bicyclic) bond motifs is 1. The van der Waals surface area contributed by atoms with Gasteiger partial charge in [0.1, 0.15) is 6.17 Å². The second kappa shape index (κ2) is 4.36. The molecule has 0 spiro atoms. The van der Waals surface area contributed by atoms with Gasteiger partial charge in [0, 0.05) is 5.69 Å². The first kappa shape index (κ1) is 11.7. The van der Waals surface area contributed by atoms with Crippen LogP contribution in [-0.4, -0.2) is 36.8 Å². The van der Waals surface area contributed by atoms with E-state index in [1.165, 1.54) is 11.1 Å². The predicted octanol–water partition coefficient (Wildman–Crippen LogP) is 0.886. The molecular weight excluding hydrogens is 250 g/mol. The Kier molecular flexibility index (Phi) is 2.68. The molecule has 2 aliphatic heterocycles. The second-order valence-electron chi connectivity index (χ2n) is 4.17. The highest BCUT2D eigenvalue weighted by Crippen LogP contribution is 2.26. The first-order chi connectivity index (χ1) is 9.16. The molecule has 0 bridgehead atoms. The number of hydrogen-bond donors (Lipinski definition) is 1. The van der Waals surface area contributed by atoms with E-state index in [1.54, 1.807) is 24.3 Å². The summed E-state index contributed by atoms with van der Waals surface area (Å²) in [5.74, 6) is 0. The maximum absolute atomic E-state index is 12.0. The van der Waals surface area contributed by atoms with E-state index in [9.17, 15) is 9.59 Å². The van der Waals surface area contributed by atoms with Crippen LogP contribution in [0, 0.1) is 0 Å². The Balaban J connectivity index is 1.93. The van der Waals surface area contributed by atoms with Crippen LogP contribution in [0.15, 0.2) is 35.3 Å². The number of amides is 2. The highest BCUT2D eigenvalue weighted by molar-refractivity contribution is 5.93. The maximum atomic E-state index is 12.0. The number of aliphatic imine (C=N–C) groups is 1. The molecule has 0 radical (unpaired) electrons. The van der Waals surface area contributed by atoms with E-state index in [0.717, 1.165) is 0 Å². The minimum Gasteiger partial charge on any atom is -0.437 e. The minimum absolute atomic E-state index is 0.581. The summed E-state index contributed by atoms with van der Waals surface area (Å²) in [5.41, 5.74) is 6.59. The van der Waals surface area contributed by atoms with Gasteiger partial charge < -0.3 is 15.2 Å². The maximum Gasteiger partial charge on any atom is 0.433 e. The van der Waals surface area contributed by atoms with Gasteiger partial charge in [0.15, 0.2) is 12.2 Å². The summed E-state index contributed by atoms with van der Waals surface area (Å²) in [6, 6.07) is 8.81. The SMILES string of the molecule is NC1[C@@H]2OC(=O)N=C[C@H]2OC(=O)N1c1ccccc1. The second-order valence-corrected chi connectivity index (χ2v) is 4.17. The Morgan fingerprint density at radius 2 is 1.89 bits per heavy atom. The van der Waals surface area contributed by atoms with E-state index in [-0.39, 0.29) is 0 Å². The van der Waals surface area contributed by atoms with Crippen LogP contribution in [0.1, 0.15) is 0 Å². The molecule has 1 aromatic rings. The zero-order chi connectivity index (χ0) is 13.4. The normalized spacial score (nSPS) is 29.5. The lowest BCUT2D eigenvalue weighted by Gasteiger charge is -2.41. The third kappa shape index (κ3) is 1.93. The lowest BCUT2D eigenvalue weighted by molar-refractivity contribution is -0.0113. The van der Waals surface area contributed by atoms with Gasteiger partial charge >= 0.3 is 12.2 Å². The van der Waals surface area contributed by atoms with Gasteiger partial charge in [0.2, 0.25) is 0 Å². The van der Waals surface area contributed by atoms with Crippen LogP contribution in [0.3, 0.4) is 0 Å². The molecule has 1 aromatic carbocycles. The van der Waals surface area contributed by atoms with Gasteiger partial charge in [-0.15, -0.1) is 0 Å². The summed E-state index contributed by atoms with van der Waals surface area (Å²) >= 11 is 0. The summed E-state index contributed by atoms with van der Waals surface area (Å²) in [6.45, 7) is 0. The number of benzene rings is 1. The molecule has 3 atom stereocenters. The standard InChI is InChI=1S/C12H11N3O4/c13-10-9-8(6-14-11(16)19-9)18-12(17)15(10)7-4-2-1-3-5-7/h1-6,8-10H,13H2/t8-,9-,10?/m1/s1. The first-order valence-corrected chi connectivity index (χ1v) is 5.72. The molecule has 0 saturated carbocycles. The molecule has 2 N–H and O–H groups in total. The largest absolute Gasteiger partial charge is 0.437 e. The third-order valence-corrected chi connectivity index (χ3v) is 2.99. The monoisotopic (exact) mass is 261 g/mol. The molecule has 7 heteroatoms. The van der Waals surface area contributed by atoms with Crippen LogP contribution in [-0.2, 0) is 9.47 Å². The zero-order valence-electron chi connectivity index (χ0n) is 9.80. The highest BCUT2D eigenvalue weighted by Gasteiger charge is 2.46. The van der Waals surface area contributed by atoms with Gasteiger partial charge in [-0.2, -0.15) is 4.99 Å². The Bertz CT molecular complexity index is 545. The van der Waals surface area contributed by atoms with Gasteiger partial charge in [-0.05, 0) is 12.1 Å². The lowest BCUT2D eigenvalue weighted by atomic mass is 10.1. The molecule has 1 saturated heterocycles. The van der Waals surface area contributed by atoms with Crippen LogP contribution in [0.4, 0.5) is 15.3 Å². The fourth-order valence-electron chi connectivity index (χ4n) is 2.10. The number of para-hydroxylation sites is 1. The Morgan fingerprint density at radius 1 is 1.16 bits per heavy atom. The minimum atomic E-state index is -0.815. The molecule has 1 fully saturated rings. The molecule has 3 rings (SSSR count). The topological polar surface area (TPSA) is 94.2 Å². The first-order valence-electron chi connectivity index (χ1n) is 5.72. The summed E-state index contributed by atoms with van der Waals surface area (Å²) < 4.78 is 10.2. The molecule has 2 amide bonds. The van der Waals surface area contributed by atoms with Crippen LogP contribution >= 0.6 is 0 Å². The Hall–Kier alpha value is -2.41. The van der Waals surface area contributed by atoms with E-state index < -0.39 is 30.6 Å². The number of nitrogens with zero attached hydrogens (tertiary/aromatic N) is 2. The molecule has 2 aliphatic rings. The smallest absolute Gasteiger partial charge is 0.433 e. The fourth-order valence-corrected chi connectivity index (χ4v) is 2.10. The summed E-state index contributed by atoms with van der Waals surface area (Å²) in [6.07, 6.45) is -2.39. The quantitative estimate of drug-likeness (QED) is 0.810. The van der Waals surface area contributed by atoms with Crippen molar-refractivity contribution in [3.63, 3.8) is 0 Å². The van der Waals surface area contributed by atoms with Gasteiger partial charge in [-0.1, -0.05) is 18.2 Å². The molecule has 7 nitrogen and oxygen atoms in total. The zero-order valence-corrected chi connectivity index (χ0v) is 9.80. The molecule has 2 heterocycles. The van der Waals surface area contributed by atoms with Crippen LogP contribution < -0.4 is 10.6 Å². The van der Waals surface area contributed by atoms with E-state index in [0.29, 0.717) is 5.69 Å². The summed E-state index contributed by atoms with van der Waals surface area (Å²) in [4.78, 5) is 27.8. The van der Waals surface area contributed by atoms with Gasteiger partial charge in [-0.25, -0.2) is 9.59 Å². The van der Waals surface area contributed by atoms with Crippen LogP contribution in [0.2, 0.25) is 0 Å². The van der Waals surface area contributed by atoms with Crippen molar-refractivity contribution < 1.29 is 19.1 Å². The summed E-state index contributed by atoms with van der Waals surface area (Å²) in [5, 5.41) is 0. The molecule has 19 heavy (non-hydrogen) atoms. The molecule has 98 valence electrons. The number of ether oxygens (including phenoxy) is 2. The molecular formula is C12H11N3O4. The third-order valence-electron chi connectivity index (χ3n) is 2.99. The van der Waals surface area contributed by atoms with Crippen LogP contribution in [0.25, 0.3) is 0 Å². The van der Waals surface area contributed by atoms with Crippen molar-refractivity contribution in [2.45, 2.75) is 18.4 Å². The number of carbonyl (C=O) groups excluding carboxylic acids is 2. The molecule has 0 aromatic heterocycles. The van der Waals surface area contributed by atoms with Crippen molar-refractivity contribution in [2.24, 2.45) is 10.7 Å². The van der Waals surface area contributed by atoms with Crippen molar-refractivity contribution in [3.8, 4) is 0 Å². The van der Waals surface area contributed by atoms with Crippen molar-refractivity contribution in [3.05, 3.63) is 30.3 Å². The predicted molar refractivity (Wildman–Crippen MR) is 65.9 cm³/mol. The van der Waals surface area contributed by atoms with E-state index in [2.05, 4.69) is 4.99 Å². The van der Waals surface area contributed by atoms with Gasteiger partial charge in [0.05, 0.1) is 6.21 Å². The number of carbonyl (C=O) groups is 2. The fraction of sp³-hybridized carbons (Fsp3) is 0.250. The van der Waals surface area contributed by atoms with Crippen LogP contribution in [0.5, 0.6) is 0 Å². The summed E-state index contributed by atoms with van der Waals surface area (Å²) in [7, 11) is 0. The van der Waals surface area contributed by atoms with Crippen molar-refractivity contribution >= 4 is 24.1 Å². The van der Waals surface area contributed by atoms with E-state index in [1.807, 2.05) is 6.07 Å². The van der Waals surface area contributed by atoms with Crippen molar-refractivity contribution in [2.75, 3.05) is 4.90 Å². The number of anilines is 1. The number of rotatable bonds is 1. The Morgan fingerprint density at radius 3 is 2.63 bits per heavy atom. The van der Waals surface area contributed by atoms with Gasteiger partial charge in [0.25, 0.3) is 0 Å². The molecule has 0 aliphatic carbocycles. The van der Waals surface area contributed by atoms with E-state index >= 15 is 0 Å².